The van der Waals surface area contributed by atoms with Crippen LogP contribution in [0.15, 0.2) is 12.1 Å². The summed E-state index contributed by atoms with van der Waals surface area (Å²) in [5, 5.41) is 16.6. The number of hydrogen-bond acceptors (Lipinski definition) is 3. The van der Waals surface area contributed by atoms with Gasteiger partial charge in [0.1, 0.15) is 11.3 Å². The molecule has 0 atom stereocenters. The standard InChI is InChI=1S/C11H10FN3O2/c12-8-4-10-9(3-7(8)11(16)17)13-14-15(10)5-6-1-2-6/h3-4,6H,1-2,5H2,(H,16,17). The van der Waals surface area contributed by atoms with Gasteiger partial charge in [-0.2, -0.15) is 0 Å². The summed E-state index contributed by atoms with van der Waals surface area (Å²) < 4.78 is 15.2. The summed E-state index contributed by atoms with van der Waals surface area (Å²) in [6.07, 6.45) is 2.33. The van der Waals surface area contributed by atoms with Gasteiger partial charge in [0.25, 0.3) is 0 Å². The van der Waals surface area contributed by atoms with Crippen molar-refractivity contribution in [1.82, 2.24) is 15.0 Å². The maximum Gasteiger partial charge on any atom is 0.338 e. The number of fused-ring (bicyclic) bond motifs is 1. The zero-order valence-electron chi connectivity index (χ0n) is 8.93. The maximum absolute atomic E-state index is 13.5. The second kappa shape index (κ2) is 3.51. The smallest absolute Gasteiger partial charge is 0.338 e. The molecule has 6 heteroatoms. The van der Waals surface area contributed by atoms with Crippen LogP contribution in [-0.2, 0) is 6.54 Å². The highest BCUT2D eigenvalue weighted by atomic mass is 19.1. The molecular weight excluding hydrogens is 225 g/mol. The summed E-state index contributed by atoms with van der Waals surface area (Å²) in [4.78, 5) is 10.8. The van der Waals surface area contributed by atoms with Crippen molar-refractivity contribution in [3.05, 3.63) is 23.5 Å². The number of aromatic nitrogens is 3. The van der Waals surface area contributed by atoms with Crippen molar-refractivity contribution in [2.24, 2.45) is 5.92 Å². The Morgan fingerprint density at radius 3 is 2.94 bits per heavy atom. The van der Waals surface area contributed by atoms with E-state index in [0.29, 0.717) is 17.0 Å². The third-order valence-corrected chi connectivity index (χ3v) is 2.96. The molecule has 3 rings (SSSR count). The largest absolute Gasteiger partial charge is 0.478 e. The van der Waals surface area contributed by atoms with Crippen LogP contribution in [0.1, 0.15) is 23.2 Å². The van der Waals surface area contributed by atoms with E-state index in [2.05, 4.69) is 10.3 Å². The molecule has 1 saturated carbocycles. The van der Waals surface area contributed by atoms with E-state index in [1.807, 2.05) is 0 Å². The first-order valence-corrected chi connectivity index (χ1v) is 5.41. The normalized spacial score (nSPS) is 15.4. The van der Waals surface area contributed by atoms with E-state index in [1.165, 1.54) is 12.1 Å². The molecule has 0 aliphatic heterocycles. The fourth-order valence-corrected chi connectivity index (χ4v) is 1.83. The third-order valence-electron chi connectivity index (χ3n) is 2.96. The van der Waals surface area contributed by atoms with Crippen LogP contribution in [0.25, 0.3) is 11.0 Å². The number of carbonyl (C=O) groups is 1. The van der Waals surface area contributed by atoms with Gasteiger partial charge >= 0.3 is 5.97 Å². The van der Waals surface area contributed by atoms with Crippen molar-refractivity contribution in [1.29, 1.82) is 0 Å². The van der Waals surface area contributed by atoms with Crippen LogP contribution >= 0.6 is 0 Å². The number of benzene rings is 1. The van der Waals surface area contributed by atoms with Gasteiger partial charge < -0.3 is 5.11 Å². The minimum absolute atomic E-state index is 0.365. The van der Waals surface area contributed by atoms with Crippen molar-refractivity contribution in [3.63, 3.8) is 0 Å². The SMILES string of the molecule is O=C(O)c1cc2nnn(CC3CC3)c2cc1F. The lowest BCUT2D eigenvalue weighted by Crippen LogP contribution is -2.03. The Hall–Kier alpha value is -1.98. The first-order chi connectivity index (χ1) is 8.15. The van der Waals surface area contributed by atoms with Gasteiger partial charge in [-0.1, -0.05) is 5.21 Å². The van der Waals surface area contributed by atoms with Gasteiger partial charge in [-0.3, -0.25) is 0 Å². The first-order valence-electron chi connectivity index (χ1n) is 5.41. The van der Waals surface area contributed by atoms with Gasteiger partial charge in [-0.15, -0.1) is 5.10 Å². The predicted molar refractivity (Wildman–Crippen MR) is 57.2 cm³/mol. The summed E-state index contributed by atoms with van der Waals surface area (Å²) >= 11 is 0. The van der Waals surface area contributed by atoms with E-state index in [9.17, 15) is 9.18 Å². The Morgan fingerprint density at radius 2 is 2.29 bits per heavy atom. The van der Waals surface area contributed by atoms with Crippen LogP contribution in [0.2, 0.25) is 0 Å². The van der Waals surface area contributed by atoms with E-state index in [4.69, 9.17) is 5.11 Å². The van der Waals surface area contributed by atoms with Gasteiger partial charge in [-0.25, -0.2) is 13.9 Å². The van der Waals surface area contributed by atoms with Crippen LogP contribution in [0, 0.1) is 11.7 Å². The molecule has 1 aromatic carbocycles. The topological polar surface area (TPSA) is 68.0 Å². The Labute approximate surface area is 95.8 Å². The summed E-state index contributed by atoms with van der Waals surface area (Å²) in [6, 6.07) is 2.42. The lowest BCUT2D eigenvalue weighted by atomic mass is 10.2. The molecule has 2 aromatic rings. The Balaban J connectivity index is 2.10. The van der Waals surface area contributed by atoms with Crippen LogP contribution in [-0.4, -0.2) is 26.1 Å². The van der Waals surface area contributed by atoms with Crippen molar-refractivity contribution in [2.45, 2.75) is 19.4 Å². The van der Waals surface area contributed by atoms with E-state index >= 15 is 0 Å². The number of carboxylic acid groups (broad SMARTS) is 1. The monoisotopic (exact) mass is 235 g/mol. The molecule has 1 heterocycles. The molecule has 0 radical (unpaired) electrons. The predicted octanol–water partition coefficient (Wildman–Crippen LogP) is 1.68. The van der Waals surface area contributed by atoms with Gasteiger partial charge in [-0.05, 0) is 24.8 Å². The van der Waals surface area contributed by atoms with Crippen molar-refractivity contribution in [3.8, 4) is 0 Å². The fraction of sp³-hybridized carbons (Fsp3) is 0.364. The molecule has 1 N–H and O–H groups in total. The molecular formula is C11H10FN3O2. The molecule has 1 aliphatic rings. The van der Waals surface area contributed by atoms with Crippen molar-refractivity contribution in [2.75, 3.05) is 0 Å². The zero-order valence-corrected chi connectivity index (χ0v) is 8.93. The number of hydrogen-bond donors (Lipinski definition) is 1. The molecule has 0 saturated heterocycles. The highest BCUT2D eigenvalue weighted by Crippen LogP contribution is 2.31. The average molecular weight is 235 g/mol. The molecule has 1 aliphatic carbocycles. The molecule has 5 nitrogen and oxygen atoms in total. The molecule has 88 valence electrons. The minimum atomic E-state index is -1.29. The molecule has 0 unspecified atom stereocenters. The third kappa shape index (κ3) is 1.75. The lowest BCUT2D eigenvalue weighted by molar-refractivity contribution is 0.0692. The van der Waals surface area contributed by atoms with Gasteiger partial charge in [0.05, 0.1) is 11.1 Å². The second-order valence-electron chi connectivity index (χ2n) is 4.34. The van der Waals surface area contributed by atoms with E-state index in [-0.39, 0.29) is 5.56 Å². The summed E-state index contributed by atoms with van der Waals surface area (Å²) in [5.41, 5.74) is 0.611. The molecule has 1 fully saturated rings. The lowest BCUT2D eigenvalue weighted by Gasteiger charge is -2.01. The van der Waals surface area contributed by atoms with Crippen molar-refractivity contribution < 1.29 is 14.3 Å². The Morgan fingerprint density at radius 1 is 1.53 bits per heavy atom. The van der Waals surface area contributed by atoms with E-state index < -0.39 is 11.8 Å². The van der Waals surface area contributed by atoms with E-state index in [0.717, 1.165) is 19.4 Å². The maximum atomic E-state index is 13.5. The summed E-state index contributed by atoms with van der Waals surface area (Å²) in [7, 11) is 0. The number of rotatable bonds is 3. The molecule has 0 spiro atoms. The Kier molecular flexibility index (Phi) is 2.10. The molecule has 0 bridgehead atoms. The minimum Gasteiger partial charge on any atom is -0.478 e. The molecule has 0 amide bonds. The van der Waals surface area contributed by atoms with Crippen LogP contribution in [0.5, 0.6) is 0 Å². The van der Waals surface area contributed by atoms with E-state index in [1.54, 1.807) is 4.68 Å². The van der Waals surface area contributed by atoms with Gasteiger partial charge in [0.15, 0.2) is 0 Å². The zero-order chi connectivity index (χ0) is 12.0. The van der Waals surface area contributed by atoms with Crippen molar-refractivity contribution >= 4 is 17.0 Å². The number of halogens is 1. The number of carboxylic acids is 1. The molecule has 17 heavy (non-hydrogen) atoms. The van der Waals surface area contributed by atoms with Gasteiger partial charge in [0, 0.05) is 12.6 Å². The average Bonchev–Trinajstić information content (AvgIpc) is 3.00. The first kappa shape index (κ1) is 10.2. The number of nitrogens with zero attached hydrogens (tertiary/aromatic N) is 3. The van der Waals surface area contributed by atoms with Gasteiger partial charge in [0.2, 0.25) is 0 Å². The fourth-order valence-electron chi connectivity index (χ4n) is 1.83. The highest BCUT2D eigenvalue weighted by molar-refractivity contribution is 5.92. The summed E-state index contributed by atoms with van der Waals surface area (Å²) in [5.74, 6) is -1.44. The van der Waals surface area contributed by atoms with Crippen LogP contribution < -0.4 is 0 Å². The van der Waals surface area contributed by atoms with Crippen LogP contribution in [0.4, 0.5) is 4.39 Å². The summed E-state index contributed by atoms with van der Waals surface area (Å²) in [6.45, 7) is 0.725. The second-order valence-corrected chi connectivity index (χ2v) is 4.34. The highest BCUT2D eigenvalue weighted by Gasteiger charge is 2.24. The number of aromatic carboxylic acids is 1. The van der Waals surface area contributed by atoms with Crippen LogP contribution in [0.3, 0.4) is 0 Å². The quantitative estimate of drug-likeness (QED) is 0.878. The Bertz CT molecular complexity index is 604. The molecule has 1 aromatic heterocycles.